The number of nitrogens with two attached hydrogens (primary N) is 1. The van der Waals surface area contributed by atoms with Gasteiger partial charge in [0.05, 0.1) is 11.4 Å². The number of benzene rings is 1. The Morgan fingerprint density at radius 1 is 1.56 bits per heavy atom. The van der Waals surface area contributed by atoms with Crippen LogP contribution >= 0.6 is 0 Å². The second kappa shape index (κ2) is 5.63. The summed E-state index contributed by atoms with van der Waals surface area (Å²) in [7, 11) is -0.975. The lowest BCUT2D eigenvalue weighted by molar-refractivity contribution is 0.1000. The Balaban J connectivity index is 2.07. The van der Waals surface area contributed by atoms with Crippen molar-refractivity contribution >= 4 is 16.7 Å². The number of ether oxygens (including phenoxy) is 1. The number of carbonyl (C=O) groups is 1. The molecule has 0 bridgehead atoms. The van der Waals surface area contributed by atoms with Crippen LogP contribution in [0.25, 0.3) is 0 Å². The zero-order valence-electron chi connectivity index (χ0n) is 10.3. The molecule has 2 rings (SSSR count). The predicted molar refractivity (Wildman–Crippen MR) is 70.6 cm³/mol. The van der Waals surface area contributed by atoms with E-state index >= 15 is 0 Å². The van der Waals surface area contributed by atoms with E-state index < -0.39 is 16.7 Å². The topological polar surface area (TPSA) is 69.4 Å². The average Bonchev–Trinajstić information content (AvgIpc) is 2.76. The minimum absolute atomic E-state index is 0.0464. The van der Waals surface area contributed by atoms with Crippen molar-refractivity contribution in [2.75, 3.05) is 6.61 Å². The van der Waals surface area contributed by atoms with Crippen molar-refractivity contribution in [2.45, 2.75) is 30.5 Å². The highest BCUT2D eigenvalue weighted by Gasteiger charge is 2.29. The lowest BCUT2D eigenvalue weighted by atomic mass is 10.1. The molecule has 1 saturated heterocycles. The number of primary amides is 1. The van der Waals surface area contributed by atoms with Crippen molar-refractivity contribution in [3.8, 4) is 0 Å². The molecule has 4 nitrogen and oxygen atoms in total. The first-order valence-electron chi connectivity index (χ1n) is 5.95. The van der Waals surface area contributed by atoms with E-state index in [-0.39, 0.29) is 11.4 Å². The molecule has 5 heteroatoms. The highest BCUT2D eigenvalue weighted by molar-refractivity contribution is 7.84. The molecule has 1 aliphatic heterocycles. The summed E-state index contributed by atoms with van der Waals surface area (Å²) >= 11 is 0. The average molecular weight is 267 g/mol. The minimum atomic E-state index is -0.975. The van der Waals surface area contributed by atoms with Gasteiger partial charge in [-0.15, -0.1) is 0 Å². The third-order valence-corrected chi connectivity index (χ3v) is 5.08. The maximum Gasteiger partial charge on any atom is 0.248 e. The van der Waals surface area contributed by atoms with Gasteiger partial charge in [-0.3, -0.25) is 9.00 Å². The zero-order chi connectivity index (χ0) is 13.1. The summed E-state index contributed by atoms with van der Waals surface area (Å²) in [6, 6.07) is 7.00. The molecule has 3 atom stereocenters. The van der Waals surface area contributed by atoms with Gasteiger partial charge in [-0.1, -0.05) is 12.1 Å². The van der Waals surface area contributed by atoms with Crippen molar-refractivity contribution in [1.82, 2.24) is 0 Å². The van der Waals surface area contributed by atoms with Gasteiger partial charge in [0.15, 0.2) is 0 Å². The van der Waals surface area contributed by atoms with Gasteiger partial charge < -0.3 is 10.5 Å². The molecule has 98 valence electrons. The van der Waals surface area contributed by atoms with Gasteiger partial charge in [-0.2, -0.15) is 0 Å². The second-order valence-electron chi connectivity index (χ2n) is 4.49. The van der Waals surface area contributed by atoms with Gasteiger partial charge in [0.1, 0.15) is 0 Å². The fourth-order valence-corrected chi connectivity index (χ4v) is 3.73. The molecular weight excluding hydrogens is 250 g/mol. The van der Waals surface area contributed by atoms with Gasteiger partial charge >= 0.3 is 0 Å². The number of hydrogen-bond acceptors (Lipinski definition) is 3. The Labute approximate surface area is 109 Å². The van der Waals surface area contributed by atoms with E-state index in [1.807, 2.05) is 13.0 Å². The van der Waals surface area contributed by atoms with E-state index in [2.05, 4.69) is 0 Å². The fraction of sp³-hybridized carbons (Fsp3) is 0.462. The maximum atomic E-state index is 12.2. The molecule has 1 aromatic rings. The highest BCUT2D eigenvalue weighted by atomic mass is 32.2. The van der Waals surface area contributed by atoms with Crippen LogP contribution in [-0.4, -0.2) is 28.1 Å². The Morgan fingerprint density at radius 3 is 2.94 bits per heavy atom. The monoisotopic (exact) mass is 267 g/mol. The summed E-state index contributed by atoms with van der Waals surface area (Å²) in [6.07, 6.45) is 0.883. The molecule has 0 aromatic heterocycles. The molecule has 0 aliphatic carbocycles. The lowest BCUT2D eigenvalue weighted by Crippen LogP contribution is -2.24. The van der Waals surface area contributed by atoms with Gasteiger partial charge in [0.2, 0.25) is 5.91 Å². The molecule has 1 heterocycles. The molecule has 0 radical (unpaired) electrons. The summed E-state index contributed by atoms with van der Waals surface area (Å²) in [6.45, 7) is 2.63. The van der Waals surface area contributed by atoms with Crippen LogP contribution in [0.4, 0.5) is 0 Å². The molecule has 0 unspecified atom stereocenters. The Kier molecular flexibility index (Phi) is 4.14. The van der Waals surface area contributed by atoms with Crippen molar-refractivity contribution in [1.29, 1.82) is 0 Å². The smallest absolute Gasteiger partial charge is 0.248 e. The molecule has 0 saturated carbocycles. The second-order valence-corrected chi connectivity index (χ2v) is 6.15. The normalized spacial score (nSPS) is 24.9. The van der Waals surface area contributed by atoms with Crippen molar-refractivity contribution < 1.29 is 13.7 Å². The zero-order valence-corrected chi connectivity index (χ0v) is 11.1. The quantitative estimate of drug-likeness (QED) is 0.891. The van der Waals surface area contributed by atoms with Gasteiger partial charge in [0, 0.05) is 28.7 Å². The SMILES string of the molecule is C[C@@H]1OCC[C@H]1[S@@](=O)Cc1cccc(C(N)=O)c1. The van der Waals surface area contributed by atoms with Gasteiger partial charge in [-0.25, -0.2) is 0 Å². The van der Waals surface area contributed by atoms with Crippen LogP contribution in [0, 0.1) is 0 Å². The van der Waals surface area contributed by atoms with Gasteiger partial charge in [-0.05, 0) is 31.0 Å². The number of carbonyl (C=O) groups excluding carboxylic acids is 1. The maximum absolute atomic E-state index is 12.2. The summed E-state index contributed by atoms with van der Waals surface area (Å²) in [5.74, 6) is -0.0142. The Morgan fingerprint density at radius 2 is 2.33 bits per heavy atom. The van der Waals surface area contributed by atoms with Crippen LogP contribution in [0.15, 0.2) is 24.3 Å². The summed E-state index contributed by atoms with van der Waals surface area (Å²) in [4.78, 5) is 11.1. The molecule has 18 heavy (non-hydrogen) atoms. The van der Waals surface area contributed by atoms with Crippen molar-refractivity contribution in [2.24, 2.45) is 5.73 Å². The molecule has 2 N–H and O–H groups in total. The third-order valence-electron chi connectivity index (χ3n) is 3.16. The fourth-order valence-electron chi connectivity index (χ4n) is 2.14. The highest BCUT2D eigenvalue weighted by Crippen LogP contribution is 2.21. The van der Waals surface area contributed by atoms with Crippen molar-refractivity contribution in [3.05, 3.63) is 35.4 Å². The molecule has 0 spiro atoms. The van der Waals surface area contributed by atoms with Crippen LogP contribution < -0.4 is 5.73 Å². The van der Waals surface area contributed by atoms with Crippen LogP contribution in [0.5, 0.6) is 0 Å². The largest absolute Gasteiger partial charge is 0.377 e. The molecule has 1 amide bonds. The molecular formula is C13H17NO3S. The lowest BCUT2D eigenvalue weighted by Gasteiger charge is -2.13. The van der Waals surface area contributed by atoms with E-state index in [0.29, 0.717) is 17.9 Å². The van der Waals surface area contributed by atoms with Crippen molar-refractivity contribution in [3.63, 3.8) is 0 Å². The minimum Gasteiger partial charge on any atom is -0.377 e. The molecule has 1 fully saturated rings. The van der Waals surface area contributed by atoms with Crippen LogP contribution in [-0.2, 0) is 21.3 Å². The Bertz CT molecular complexity index is 475. The Hall–Kier alpha value is -1.20. The third kappa shape index (κ3) is 2.97. The number of rotatable bonds is 4. The summed E-state index contributed by atoms with van der Waals surface area (Å²) < 4.78 is 17.6. The molecule has 1 aliphatic rings. The van der Waals surface area contributed by atoms with Gasteiger partial charge in [0.25, 0.3) is 0 Å². The van der Waals surface area contributed by atoms with Crippen LogP contribution in [0.1, 0.15) is 29.3 Å². The van der Waals surface area contributed by atoms with E-state index in [4.69, 9.17) is 10.5 Å². The first-order valence-corrected chi connectivity index (χ1v) is 7.33. The standard InChI is InChI=1S/C13H17NO3S/c1-9-12(5-6-17-9)18(16)8-10-3-2-4-11(7-10)13(14)15/h2-4,7,9,12H,5-6,8H2,1H3,(H2,14,15)/t9-,12+,18-/m0/s1. The van der Waals surface area contributed by atoms with Crippen LogP contribution in [0.3, 0.4) is 0 Å². The van der Waals surface area contributed by atoms with E-state index in [1.165, 1.54) is 0 Å². The first kappa shape index (κ1) is 13.2. The van der Waals surface area contributed by atoms with Crippen LogP contribution in [0.2, 0.25) is 0 Å². The number of amides is 1. The van der Waals surface area contributed by atoms with E-state index in [9.17, 15) is 9.00 Å². The van der Waals surface area contributed by atoms with E-state index in [1.54, 1.807) is 18.2 Å². The molecule has 1 aromatic carbocycles. The summed E-state index contributed by atoms with van der Waals surface area (Å²) in [5, 5.41) is 0.0854. The number of hydrogen-bond donors (Lipinski definition) is 1. The first-order chi connectivity index (χ1) is 8.58. The van der Waals surface area contributed by atoms with E-state index in [0.717, 1.165) is 12.0 Å². The summed E-state index contributed by atoms with van der Waals surface area (Å²) in [5.41, 5.74) is 6.56. The predicted octanol–water partition coefficient (Wildman–Crippen LogP) is 1.21.